The Bertz CT molecular complexity index is 566. The quantitative estimate of drug-likeness (QED) is 0.746. The van der Waals surface area contributed by atoms with Gasteiger partial charge in [-0.25, -0.2) is 4.98 Å². The van der Waals surface area contributed by atoms with Gasteiger partial charge >= 0.3 is 0 Å². The van der Waals surface area contributed by atoms with Gasteiger partial charge in [0.2, 0.25) is 0 Å². The van der Waals surface area contributed by atoms with Crippen molar-refractivity contribution in [3.05, 3.63) is 45.4 Å². The summed E-state index contributed by atoms with van der Waals surface area (Å²) in [5, 5.41) is 6.69. The molecule has 0 aliphatic carbocycles. The number of thiazole rings is 1. The maximum atomic E-state index is 5.97. The third-order valence-corrected chi connectivity index (χ3v) is 4.28. The molecule has 0 saturated heterocycles. The molecule has 0 aliphatic rings. The molecule has 3 nitrogen and oxygen atoms in total. The Morgan fingerprint density at radius 3 is 2.86 bits per heavy atom. The number of ether oxygens (including phenoxy) is 1. The summed E-state index contributed by atoms with van der Waals surface area (Å²) in [6.07, 6.45) is 2.13. The molecule has 2 rings (SSSR count). The lowest BCUT2D eigenvalue weighted by atomic mass is 10.1. The second kappa shape index (κ2) is 8.15. The van der Waals surface area contributed by atoms with E-state index in [-0.39, 0.29) is 0 Å². The van der Waals surface area contributed by atoms with E-state index in [1.165, 1.54) is 16.1 Å². The number of benzene rings is 1. The highest BCUT2D eigenvalue weighted by Crippen LogP contribution is 2.21. The van der Waals surface area contributed by atoms with Gasteiger partial charge in [-0.15, -0.1) is 11.3 Å². The van der Waals surface area contributed by atoms with E-state index in [1.54, 1.807) is 11.3 Å². The van der Waals surface area contributed by atoms with Crippen LogP contribution in [-0.4, -0.2) is 11.5 Å². The Morgan fingerprint density at radius 2 is 2.14 bits per heavy atom. The molecular formula is C17H24N2OS. The number of nitrogens with zero attached hydrogens (tertiary/aromatic N) is 1. The molecule has 1 aromatic heterocycles. The van der Waals surface area contributed by atoms with Crippen molar-refractivity contribution in [3.8, 4) is 5.75 Å². The molecule has 1 heterocycles. The van der Waals surface area contributed by atoms with E-state index in [9.17, 15) is 0 Å². The van der Waals surface area contributed by atoms with Crippen molar-refractivity contribution in [2.75, 3.05) is 6.54 Å². The highest BCUT2D eigenvalue weighted by molar-refractivity contribution is 7.09. The smallest absolute Gasteiger partial charge is 0.131 e. The number of aromatic nitrogens is 1. The first-order valence-electron chi connectivity index (χ1n) is 7.59. The summed E-state index contributed by atoms with van der Waals surface area (Å²) in [6.45, 7) is 8.83. The van der Waals surface area contributed by atoms with Gasteiger partial charge < -0.3 is 10.1 Å². The summed E-state index contributed by atoms with van der Waals surface area (Å²) in [7, 11) is 0. The number of hydrogen-bond donors (Lipinski definition) is 1. The van der Waals surface area contributed by atoms with Crippen molar-refractivity contribution in [3.63, 3.8) is 0 Å². The first-order chi connectivity index (χ1) is 10.2. The van der Waals surface area contributed by atoms with Gasteiger partial charge in [-0.05, 0) is 32.4 Å². The van der Waals surface area contributed by atoms with Crippen LogP contribution < -0.4 is 10.1 Å². The van der Waals surface area contributed by atoms with Gasteiger partial charge in [-0.3, -0.25) is 0 Å². The predicted molar refractivity (Wildman–Crippen MR) is 89.0 cm³/mol. The molecule has 0 amide bonds. The summed E-state index contributed by atoms with van der Waals surface area (Å²) in [5.41, 5.74) is 3.50. The van der Waals surface area contributed by atoms with Crippen LogP contribution in [0.2, 0.25) is 0 Å². The molecule has 0 spiro atoms. The molecule has 21 heavy (non-hydrogen) atoms. The fourth-order valence-electron chi connectivity index (χ4n) is 2.12. The average Bonchev–Trinajstić information content (AvgIpc) is 2.95. The molecule has 0 fully saturated rings. The maximum absolute atomic E-state index is 5.97. The Labute approximate surface area is 131 Å². The fraction of sp³-hybridized carbons (Fsp3) is 0.471. The third kappa shape index (κ3) is 4.83. The number of hydrogen-bond acceptors (Lipinski definition) is 4. The van der Waals surface area contributed by atoms with E-state index in [2.05, 4.69) is 54.7 Å². The van der Waals surface area contributed by atoms with Crippen molar-refractivity contribution in [2.24, 2.45) is 0 Å². The first-order valence-corrected chi connectivity index (χ1v) is 8.47. The van der Waals surface area contributed by atoms with Crippen LogP contribution >= 0.6 is 11.3 Å². The summed E-state index contributed by atoms with van der Waals surface area (Å²) in [6, 6.07) is 6.35. The Hall–Kier alpha value is -1.39. The largest absolute Gasteiger partial charge is 0.487 e. The molecule has 0 radical (unpaired) electrons. The van der Waals surface area contributed by atoms with E-state index < -0.39 is 0 Å². The summed E-state index contributed by atoms with van der Waals surface area (Å²) in [5.74, 6) is 0.954. The molecule has 1 aromatic carbocycles. The second-order valence-corrected chi connectivity index (χ2v) is 6.11. The number of rotatable bonds is 8. The molecule has 0 aliphatic heterocycles. The molecule has 0 saturated carbocycles. The fourth-order valence-corrected chi connectivity index (χ4v) is 2.85. The Balaban J connectivity index is 2.00. The van der Waals surface area contributed by atoms with Crippen LogP contribution in [0.15, 0.2) is 23.6 Å². The Kier molecular flexibility index (Phi) is 6.21. The van der Waals surface area contributed by atoms with Gasteiger partial charge in [0.15, 0.2) is 0 Å². The summed E-state index contributed by atoms with van der Waals surface area (Å²) < 4.78 is 5.97. The maximum Gasteiger partial charge on any atom is 0.131 e. The van der Waals surface area contributed by atoms with Crippen LogP contribution in [-0.2, 0) is 19.6 Å². The van der Waals surface area contributed by atoms with Gasteiger partial charge in [0.05, 0.1) is 10.7 Å². The normalized spacial score (nSPS) is 10.8. The van der Waals surface area contributed by atoms with Crippen molar-refractivity contribution < 1.29 is 4.74 Å². The SMILES string of the molecule is CCCNCc1cc(C)ccc1OCc1csc(CC)n1. The van der Waals surface area contributed by atoms with Crippen molar-refractivity contribution in [2.45, 2.75) is 46.8 Å². The van der Waals surface area contributed by atoms with Crippen LogP contribution in [0.1, 0.15) is 42.1 Å². The molecule has 114 valence electrons. The third-order valence-electron chi connectivity index (χ3n) is 3.24. The average molecular weight is 304 g/mol. The monoisotopic (exact) mass is 304 g/mol. The molecule has 0 unspecified atom stereocenters. The molecule has 0 bridgehead atoms. The lowest BCUT2D eigenvalue weighted by Gasteiger charge is -2.12. The van der Waals surface area contributed by atoms with Gasteiger partial charge in [0.25, 0.3) is 0 Å². The van der Waals surface area contributed by atoms with Gasteiger partial charge in [-0.1, -0.05) is 31.5 Å². The minimum atomic E-state index is 0.542. The lowest BCUT2D eigenvalue weighted by Crippen LogP contribution is -2.14. The molecule has 2 aromatic rings. The highest BCUT2D eigenvalue weighted by atomic mass is 32.1. The van der Waals surface area contributed by atoms with E-state index in [1.807, 2.05) is 0 Å². The molecule has 1 N–H and O–H groups in total. The zero-order valence-corrected chi connectivity index (χ0v) is 13.9. The van der Waals surface area contributed by atoms with Crippen LogP contribution in [0.5, 0.6) is 5.75 Å². The van der Waals surface area contributed by atoms with Crippen LogP contribution in [0.3, 0.4) is 0 Å². The summed E-state index contributed by atoms with van der Waals surface area (Å²) >= 11 is 1.70. The zero-order valence-electron chi connectivity index (χ0n) is 13.1. The molecule has 0 atom stereocenters. The highest BCUT2D eigenvalue weighted by Gasteiger charge is 2.06. The minimum absolute atomic E-state index is 0.542. The second-order valence-electron chi connectivity index (χ2n) is 5.16. The lowest BCUT2D eigenvalue weighted by molar-refractivity contribution is 0.298. The van der Waals surface area contributed by atoms with E-state index in [0.29, 0.717) is 6.61 Å². The van der Waals surface area contributed by atoms with Gasteiger partial charge in [0, 0.05) is 17.5 Å². The minimum Gasteiger partial charge on any atom is -0.487 e. The van der Waals surface area contributed by atoms with Gasteiger partial charge in [0.1, 0.15) is 12.4 Å². The molecular weight excluding hydrogens is 280 g/mol. The van der Waals surface area contributed by atoms with Crippen molar-refractivity contribution in [1.82, 2.24) is 10.3 Å². The van der Waals surface area contributed by atoms with Crippen LogP contribution in [0.25, 0.3) is 0 Å². The van der Waals surface area contributed by atoms with E-state index in [0.717, 1.165) is 37.4 Å². The van der Waals surface area contributed by atoms with E-state index >= 15 is 0 Å². The van der Waals surface area contributed by atoms with Crippen molar-refractivity contribution >= 4 is 11.3 Å². The van der Waals surface area contributed by atoms with Crippen molar-refractivity contribution in [1.29, 1.82) is 0 Å². The van der Waals surface area contributed by atoms with Crippen LogP contribution in [0, 0.1) is 6.92 Å². The van der Waals surface area contributed by atoms with Crippen LogP contribution in [0.4, 0.5) is 0 Å². The summed E-state index contributed by atoms with van der Waals surface area (Å²) in [4.78, 5) is 4.54. The Morgan fingerprint density at radius 1 is 1.29 bits per heavy atom. The first kappa shape index (κ1) is 16.0. The predicted octanol–water partition coefficient (Wildman–Crippen LogP) is 4.09. The zero-order chi connectivity index (χ0) is 15.1. The topological polar surface area (TPSA) is 34.1 Å². The standard InChI is InChI=1S/C17H24N2OS/c1-4-8-18-10-14-9-13(3)6-7-16(14)20-11-15-12-21-17(5-2)19-15/h6-7,9,12,18H,4-5,8,10-11H2,1-3H3. The molecule has 4 heteroatoms. The number of nitrogens with one attached hydrogen (secondary N) is 1. The number of aryl methyl sites for hydroxylation is 2. The van der Waals surface area contributed by atoms with Gasteiger partial charge in [-0.2, -0.15) is 0 Å². The van der Waals surface area contributed by atoms with E-state index in [4.69, 9.17) is 4.74 Å².